The number of hydrogen-bond acceptors (Lipinski definition) is 4. The Morgan fingerprint density at radius 1 is 1.24 bits per heavy atom. The first kappa shape index (κ1) is 19.4. The minimum Gasteiger partial charge on any atom is -0.378 e. The summed E-state index contributed by atoms with van der Waals surface area (Å²) in [4.78, 5) is 11.6. The molecule has 0 radical (unpaired) electrons. The summed E-state index contributed by atoms with van der Waals surface area (Å²) < 4.78 is 41.8. The molecule has 4 rings (SSSR count). The maximum absolute atomic E-state index is 14.7. The third kappa shape index (κ3) is 3.24. The van der Waals surface area contributed by atoms with Crippen LogP contribution in [0.1, 0.15) is 23.2 Å². The van der Waals surface area contributed by atoms with E-state index in [1.54, 1.807) is 12.1 Å². The molecule has 2 aliphatic rings. The number of pyridine rings is 1. The average molecular weight is 412 g/mol. The van der Waals surface area contributed by atoms with Crippen LogP contribution >= 0.6 is 11.8 Å². The lowest BCUT2D eigenvalue weighted by Gasteiger charge is -2.34. The van der Waals surface area contributed by atoms with E-state index in [1.807, 2.05) is 0 Å². The summed E-state index contributed by atoms with van der Waals surface area (Å²) >= 11 is 1.10. The zero-order valence-corrected chi connectivity index (χ0v) is 15.9. The predicted octanol–water partition coefficient (Wildman–Crippen LogP) is 4.13. The number of aliphatic imine (C=N–C) groups is 1. The van der Waals surface area contributed by atoms with E-state index in [1.165, 1.54) is 24.4 Å². The molecule has 8 heteroatoms. The number of amidine groups is 1. The molecule has 0 saturated heterocycles. The van der Waals surface area contributed by atoms with Gasteiger partial charge in [-0.25, -0.2) is 23.0 Å². The van der Waals surface area contributed by atoms with Gasteiger partial charge in [-0.15, -0.1) is 0 Å². The van der Waals surface area contributed by atoms with Crippen molar-refractivity contribution in [2.45, 2.75) is 16.7 Å². The molecule has 0 spiro atoms. The molecule has 2 aromatic rings. The quantitative estimate of drug-likeness (QED) is 0.609. The molecule has 4 nitrogen and oxygen atoms in total. The van der Waals surface area contributed by atoms with Crippen LogP contribution in [0.5, 0.6) is 0 Å². The number of nitrogens with two attached hydrogens (primary N) is 1. The van der Waals surface area contributed by atoms with Crippen LogP contribution in [0.4, 0.5) is 18.9 Å². The van der Waals surface area contributed by atoms with E-state index in [-0.39, 0.29) is 10.7 Å². The van der Waals surface area contributed by atoms with Crippen LogP contribution in [0.2, 0.25) is 0 Å². The highest BCUT2D eigenvalue weighted by atomic mass is 32.2. The molecule has 2 heterocycles. The zero-order chi connectivity index (χ0) is 20.6. The highest BCUT2D eigenvalue weighted by Crippen LogP contribution is 2.66. The number of nitrogens with zero attached hydrogens (tertiary/aromatic N) is 3. The molecule has 3 atom stereocenters. The van der Waals surface area contributed by atoms with Crippen molar-refractivity contribution in [2.75, 3.05) is 13.3 Å². The van der Waals surface area contributed by atoms with E-state index in [0.29, 0.717) is 23.4 Å². The molecule has 1 aromatic heterocycles. The largest absolute Gasteiger partial charge is 0.378 e. The van der Waals surface area contributed by atoms with Crippen molar-refractivity contribution >= 4 is 22.6 Å². The number of alkyl halides is 2. The minimum absolute atomic E-state index is 0.0340. The predicted molar refractivity (Wildman–Crippen MR) is 107 cm³/mol. The van der Waals surface area contributed by atoms with E-state index < -0.39 is 35.4 Å². The second-order valence-electron chi connectivity index (χ2n) is 7.02. The summed E-state index contributed by atoms with van der Waals surface area (Å²) in [5, 5.41) is 0.0639. The van der Waals surface area contributed by atoms with Gasteiger partial charge in [-0.3, -0.25) is 4.98 Å². The standard InChI is InChI=1S/C21H15F3N4S/c1-26-15-6-5-14(27-10-15)4-2-13-3-7-17(24)16(8-13)21(12-23)18-9-20(18,11-22)29-19(25)28-21/h3,5-8,10,18H,9,11-12H2,(H2,25,28)/t18-,20-,21-/m1/s1. The topological polar surface area (TPSA) is 55.6 Å². The van der Waals surface area contributed by atoms with Crippen LogP contribution in [0.15, 0.2) is 41.5 Å². The number of hydrogen-bond donors (Lipinski definition) is 1. The summed E-state index contributed by atoms with van der Waals surface area (Å²) in [6, 6.07) is 7.34. The Hall–Kier alpha value is -2.97. The molecular formula is C21H15F3N4S. The molecule has 29 heavy (non-hydrogen) atoms. The molecule has 1 aromatic carbocycles. The van der Waals surface area contributed by atoms with Gasteiger partial charge in [-0.05, 0) is 36.6 Å². The van der Waals surface area contributed by atoms with Crippen molar-refractivity contribution in [3.05, 3.63) is 70.6 Å². The number of fused-ring (bicyclic) bond motifs is 1. The Bertz CT molecular complexity index is 1100. The fourth-order valence-corrected chi connectivity index (χ4v) is 4.99. The third-order valence-corrected chi connectivity index (χ3v) is 6.56. The number of rotatable bonds is 3. The Kier molecular flexibility index (Phi) is 4.76. The lowest BCUT2D eigenvalue weighted by Crippen LogP contribution is -2.40. The van der Waals surface area contributed by atoms with Gasteiger partial charge >= 0.3 is 0 Å². The summed E-state index contributed by atoms with van der Waals surface area (Å²) in [6.45, 7) is 5.28. The monoisotopic (exact) mass is 412 g/mol. The molecular weight excluding hydrogens is 397 g/mol. The first-order valence-electron chi connectivity index (χ1n) is 8.78. The smallest absolute Gasteiger partial charge is 0.205 e. The van der Waals surface area contributed by atoms with Crippen LogP contribution in [0, 0.1) is 30.1 Å². The van der Waals surface area contributed by atoms with Gasteiger partial charge < -0.3 is 5.73 Å². The van der Waals surface area contributed by atoms with Crippen molar-refractivity contribution in [1.82, 2.24) is 4.98 Å². The number of benzene rings is 1. The molecule has 1 fully saturated rings. The van der Waals surface area contributed by atoms with Gasteiger partial charge in [0.25, 0.3) is 0 Å². The minimum atomic E-state index is -1.54. The molecule has 2 N–H and O–H groups in total. The first-order valence-corrected chi connectivity index (χ1v) is 9.60. The Balaban J connectivity index is 1.73. The number of thioether (sulfide) groups is 1. The lowest BCUT2D eigenvalue weighted by molar-refractivity contribution is 0.257. The zero-order valence-electron chi connectivity index (χ0n) is 15.1. The van der Waals surface area contributed by atoms with Crippen molar-refractivity contribution in [3.8, 4) is 11.8 Å². The lowest BCUT2D eigenvalue weighted by atomic mass is 9.84. The van der Waals surface area contributed by atoms with Crippen molar-refractivity contribution in [2.24, 2.45) is 16.6 Å². The molecule has 1 aliphatic heterocycles. The second-order valence-corrected chi connectivity index (χ2v) is 8.46. The second kappa shape index (κ2) is 7.13. The van der Waals surface area contributed by atoms with Crippen molar-refractivity contribution in [3.63, 3.8) is 0 Å². The average Bonchev–Trinajstić information content (AvgIpc) is 3.48. The van der Waals surface area contributed by atoms with Gasteiger partial charge in [0.15, 0.2) is 5.17 Å². The maximum atomic E-state index is 14.7. The van der Waals surface area contributed by atoms with Gasteiger partial charge in [0.05, 0.1) is 11.3 Å². The van der Waals surface area contributed by atoms with Crippen LogP contribution in [0.3, 0.4) is 0 Å². The van der Waals surface area contributed by atoms with E-state index in [2.05, 4.69) is 26.7 Å². The fourth-order valence-electron chi connectivity index (χ4n) is 3.72. The summed E-state index contributed by atoms with van der Waals surface area (Å²) in [7, 11) is 0. The number of halogens is 3. The molecule has 146 valence electrons. The molecule has 0 unspecified atom stereocenters. The Morgan fingerprint density at radius 3 is 2.72 bits per heavy atom. The van der Waals surface area contributed by atoms with Crippen LogP contribution in [0.25, 0.3) is 4.85 Å². The van der Waals surface area contributed by atoms with Crippen LogP contribution < -0.4 is 5.73 Å². The Labute approximate surface area is 170 Å². The van der Waals surface area contributed by atoms with E-state index in [0.717, 1.165) is 11.8 Å². The normalized spacial score (nSPS) is 27.1. The van der Waals surface area contributed by atoms with Gasteiger partial charge in [0.2, 0.25) is 5.69 Å². The Morgan fingerprint density at radius 2 is 2.07 bits per heavy atom. The van der Waals surface area contributed by atoms with E-state index in [4.69, 9.17) is 12.3 Å². The number of aromatic nitrogens is 1. The molecule has 1 aliphatic carbocycles. The van der Waals surface area contributed by atoms with Gasteiger partial charge in [0, 0.05) is 23.2 Å². The fraction of sp³-hybridized carbons (Fsp3) is 0.286. The van der Waals surface area contributed by atoms with Gasteiger partial charge in [-0.2, -0.15) is 0 Å². The molecule has 0 amide bonds. The highest BCUT2D eigenvalue weighted by molar-refractivity contribution is 8.15. The van der Waals surface area contributed by atoms with E-state index >= 15 is 0 Å². The highest BCUT2D eigenvalue weighted by Gasteiger charge is 2.68. The maximum Gasteiger partial charge on any atom is 0.205 e. The summed E-state index contributed by atoms with van der Waals surface area (Å²) in [5.41, 5.74) is 5.63. The van der Waals surface area contributed by atoms with Gasteiger partial charge in [0.1, 0.15) is 30.4 Å². The summed E-state index contributed by atoms with van der Waals surface area (Å²) in [5.74, 6) is 4.61. The van der Waals surface area contributed by atoms with Gasteiger partial charge in [-0.1, -0.05) is 23.7 Å². The van der Waals surface area contributed by atoms with Crippen molar-refractivity contribution in [1.29, 1.82) is 0 Å². The van der Waals surface area contributed by atoms with Crippen molar-refractivity contribution < 1.29 is 13.2 Å². The third-order valence-electron chi connectivity index (χ3n) is 5.29. The SMILES string of the molecule is [C-]#[N+]c1ccc(C#Cc2ccc(F)c([C@@]3(CF)N=C(N)S[C@@]4(CF)C[C@H]43)c2)nc1. The first-order chi connectivity index (χ1) is 14.0. The molecule has 0 bridgehead atoms. The summed E-state index contributed by atoms with van der Waals surface area (Å²) in [6.07, 6.45) is 1.79. The molecule has 1 saturated carbocycles. The van der Waals surface area contributed by atoms with E-state index in [9.17, 15) is 13.2 Å². The van der Waals surface area contributed by atoms with Crippen LogP contribution in [-0.2, 0) is 5.54 Å². The van der Waals surface area contributed by atoms with Crippen LogP contribution in [-0.4, -0.2) is 28.2 Å².